The van der Waals surface area contributed by atoms with Gasteiger partial charge in [-0.25, -0.2) is 34.9 Å². The van der Waals surface area contributed by atoms with E-state index in [2.05, 4.69) is 109 Å². The van der Waals surface area contributed by atoms with Crippen molar-refractivity contribution in [1.29, 1.82) is 0 Å². The van der Waals surface area contributed by atoms with Crippen LogP contribution in [0.4, 0.5) is 17.5 Å². The maximum Gasteiger partial charge on any atom is 0.181 e. The number of likely N-dealkylation sites (tertiary alicyclic amines) is 3. The molecule has 3 aliphatic heterocycles. The Labute approximate surface area is 381 Å². The number of nitrogens with zero attached hydrogens (tertiary/aromatic N) is 16. The largest absolute Gasteiger partial charge is 0.391 e. The smallest absolute Gasteiger partial charge is 0.181 e. The second-order valence-electron chi connectivity index (χ2n) is 17.1. The van der Waals surface area contributed by atoms with Gasteiger partial charge in [-0.2, -0.15) is 10.4 Å². The number of aromatic amines is 2. The molecule has 6 aromatic heterocycles. The maximum absolute atomic E-state index is 10.3. The number of hydrogen-bond donors (Lipinski definition) is 8. The zero-order valence-electron chi connectivity index (χ0n) is 35.7. The van der Waals surface area contributed by atoms with Gasteiger partial charge in [-0.15, -0.1) is 31.7 Å². The molecule has 11 N–H and O–H groups in total. The van der Waals surface area contributed by atoms with Crippen molar-refractivity contribution in [2.24, 2.45) is 0 Å². The van der Waals surface area contributed by atoms with Gasteiger partial charge in [0, 0.05) is 87.2 Å². The van der Waals surface area contributed by atoms with Crippen LogP contribution in [0.2, 0.25) is 0 Å². The van der Waals surface area contributed by atoms with Crippen LogP contribution in [-0.4, -0.2) is 183 Å². The van der Waals surface area contributed by atoms with Gasteiger partial charge in [0.2, 0.25) is 0 Å². The Bertz CT molecular complexity index is 2440. The lowest BCUT2D eigenvalue weighted by Crippen LogP contribution is -2.24. The van der Waals surface area contributed by atoms with Gasteiger partial charge < -0.3 is 32.5 Å². The van der Waals surface area contributed by atoms with Crippen LogP contribution in [0.3, 0.4) is 0 Å². The predicted octanol–water partition coefficient (Wildman–Crippen LogP) is -1.14. The highest BCUT2D eigenvalue weighted by molar-refractivity contribution is 7.09. The molecule has 0 spiro atoms. The summed E-state index contributed by atoms with van der Waals surface area (Å²) < 4.78 is 0. The number of hydrogen-bond acceptors (Lipinski definition) is 23. The maximum atomic E-state index is 10.3. The molecule has 3 saturated heterocycles. The average Bonchev–Trinajstić information content (AvgIpc) is 4.15. The number of thiazole rings is 1. The van der Waals surface area contributed by atoms with E-state index in [4.69, 9.17) is 17.2 Å². The Morgan fingerprint density at radius 1 is 0.530 bits per heavy atom. The van der Waals surface area contributed by atoms with Crippen LogP contribution in [0.25, 0.3) is 16.7 Å². The summed E-state index contributed by atoms with van der Waals surface area (Å²) in [6, 6.07) is 0. The molecular weight excluding hydrogens is 867 g/mol. The molecule has 9 heterocycles. The van der Waals surface area contributed by atoms with Crippen LogP contribution in [0.5, 0.6) is 0 Å². The molecule has 0 radical (unpaired) electrons. The zero-order chi connectivity index (χ0) is 45.3. The Hall–Kier alpha value is -6.61. The summed E-state index contributed by atoms with van der Waals surface area (Å²) in [5.41, 5.74) is 26.9. The summed E-state index contributed by atoms with van der Waals surface area (Å²) in [5, 5.41) is 61.6. The SMILES string of the molecule is Nc1ncnc2c1CC=C2CN1C[C@H](c2nccs2)[C@@H](O)C1.Nc1ncnc2c1CC=C2CN1C[C@H](c2nn[nH]n2)[C@@H](O)C1.Nc1ncnc2c1CC=C2CN1C[C@H](c2nn[nH]n2)[C@@H](O)C1. The quantitative estimate of drug-likeness (QED) is 0.0849. The number of tetrazole rings is 2. The fraction of sp³-hybridized carbons (Fsp3) is 0.439. The molecule has 0 saturated carbocycles. The number of rotatable bonds is 9. The third kappa shape index (κ3) is 8.88. The molecule has 0 bridgehead atoms. The van der Waals surface area contributed by atoms with Gasteiger partial charge in [0.15, 0.2) is 11.6 Å². The molecule has 0 aromatic carbocycles. The molecule has 24 nitrogen and oxygen atoms in total. The molecule has 6 aromatic rings. The number of nitrogen functional groups attached to an aromatic ring is 3. The first-order valence-corrected chi connectivity index (χ1v) is 22.5. The first kappa shape index (κ1) is 43.3. The lowest BCUT2D eigenvalue weighted by molar-refractivity contribution is 0.164. The number of aromatic nitrogens is 15. The number of aliphatic hydroxyl groups is 3. The number of fused-ring (bicyclic) bond motifs is 3. The highest BCUT2D eigenvalue weighted by atomic mass is 32.1. The second-order valence-corrected chi connectivity index (χ2v) is 18.0. The Morgan fingerprint density at radius 2 is 0.924 bits per heavy atom. The highest BCUT2D eigenvalue weighted by Gasteiger charge is 2.38. The Morgan fingerprint density at radius 3 is 1.29 bits per heavy atom. The highest BCUT2D eigenvalue weighted by Crippen LogP contribution is 2.35. The average molecular weight is 916 g/mol. The van der Waals surface area contributed by atoms with E-state index in [0.717, 1.165) is 95.4 Å². The van der Waals surface area contributed by atoms with E-state index in [0.29, 0.717) is 61.8 Å². The van der Waals surface area contributed by atoms with Crippen LogP contribution in [-0.2, 0) is 19.3 Å². The van der Waals surface area contributed by atoms with Gasteiger partial charge >= 0.3 is 0 Å². The van der Waals surface area contributed by atoms with E-state index < -0.39 is 12.2 Å². The van der Waals surface area contributed by atoms with E-state index in [-0.39, 0.29) is 23.9 Å². The van der Waals surface area contributed by atoms with Gasteiger partial charge in [-0.1, -0.05) is 28.7 Å². The van der Waals surface area contributed by atoms with Gasteiger partial charge in [0.25, 0.3) is 0 Å². The molecule has 3 fully saturated rings. The van der Waals surface area contributed by atoms with Crippen molar-refractivity contribution in [3.8, 4) is 0 Å². The first-order chi connectivity index (χ1) is 32.2. The summed E-state index contributed by atoms with van der Waals surface area (Å²) in [5.74, 6) is 2.65. The lowest BCUT2D eigenvalue weighted by atomic mass is 10.1. The van der Waals surface area contributed by atoms with Crippen molar-refractivity contribution in [1.82, 2.24) is 90.8 Å². The topological polar surface area (TPSA) is 348 Å². The van der Waals surface area contributed by atoms with E-state index in [1.165, 1.54) is 24.6 Å². The summed E-state index contributed by atoms with van der Waals surface area (Å²) in [7, 11) is 0. The molecule has 6 atom stereocenters. The molecule has 6 aliphatic rings. The fourth-order valence-electron chi connectivity index (χ4n) is 9.63. The molecule has 25 heteroatoms. The molecule has 0 amide bonds. The number of nitrogens with two attached hydrogens (primary N) is 3. The molecule has 0 unspecified atom stereocenters. The minimum Gasteiger partial charge on any atom is -0.391 e. The zero-order valence-corrected chi connectivity index (χ0v) is 36.5. The molecule has 3 aliphatic carbocycles. The molecule has 66 heavy (non-hydrogen) atoms. The number of nitrogens with one attached hydrogen (secondary N) is 2. The predicted molar refractivity (Wildman–Crippen MR) is 240 cm³/mol. The van der Waals surface area contributed by atoms with Crippen molar-refractivity contribution >= 4 is 45.5 Å². The number of allylic oxidation sites excluding steroid dienone is 3. The molecule has 12 rings (SSSR count). The van der Waals surface area contributed by atoms with E-state index in [1.807, 2.05) is 5.38 Å². The monoisotopic (exact) mass is 915 g/mol. The number of aliphatic hydroxyl groups excluding tert-OH is 3. The second kappa shape index (κ2) is 18.7. The van der Waals surface area contributed by atoms with Crippen molar-refractivity contribution < 1.29 is 15.3 Å². The lowest BCUT2D eigenvalue weighted by Gasteiger charge is -2.16. The minimum absolute atomic E-state index is 0.108. The van der Waals surface area contributed by atoms with Crippen LogP contribution < -0.4 is 17.2 Å². The van der Waals surface area contributed by atoms with Gasteiger partial charge in [-0.3, -0.25) is 14.7 Å². The third-order valence-electron chi connectivity index (χ3n) is 12.9. The van der Waals surface area contributed by atoms with Crippen molar-refractivity contribution in [2.75, 3.05) is 76.1 Å². The van der Waals surface area contributed by atoms with Crippen LogP contribution in [0.1, 0.15) is 68.2 Å². The number of H-pyrrole nitrogens is 2. The van der Waals surface area contributed by atoms with E-state index in [1.54, 1.807) is 17.5 Å². The molecular formula is C41H49N21O3S. The number of β-amino-alcohol motifs (C(OH)–C–C–N with tert-alkyl or cyclic N) is 3. The van der Waals surface area contributed by atoms with Crippen LogP contribution >= 0.6 is 11.3 Å². The van der Waals surface area contributed by atoms with Gasteiger partial charge in [0.1, 0.15) is 36.4 Å². The first-order valence-electron chi connectivity index (χ1n) is 21.6. The molecule has 342 valence electrons. The summed E-state index contributed by atoms with van der Waals surface area (Å²) in [4.78, 5) is 36.1. The Kier molecular flexibility index (Phi) is 12.3. The number of anilines is 3. The van der Waals surface area contributed by atoms with Gasteiger partial charge in [0.05, 0.1) is 58.2 Å². The summed E-state index contributed by atoms with van der Waals surface area (Å²) in [6.45, 7) is 6.23. The summed E-state index contributed by atoms with van der Waals surface area (Å²) >= 11 is 1.61. The van der Waals surface area contributed by atoms with E-state index >= 15 is 0 Å². The van der Waals surface area contributed by atoms with Crippen LogP contribution in [0, 0.1) is 0 Å². The van der Waals surface area contributed by atoms with Crippen LogP contribution in [0.15, 0.2) is 48.8 Å². The fourth-order valence-corrected chi connectivity index (χ4v) is 10.4. The third-order valence-corrected chi connectivity index (χ3v) is 13.8. The standard InChI is InChI=1S/C15H17N5OS.2C13H16N8O/c16-14-10-2-1-9(13(10)18-8-19-14)5-20-6-11(12(21)7-20)15-17-3-4-22-15;2*14-12-8-2-1-7(11(8)15-6-16-12)3-21-4-9(10(22)5-21)13-17-19-20-18-13/h1,3-4,8,11-12,21H,2,5-7H2,(H2,16,18,19);2*1,6,9-10,22H,2-5H2,(H2,14,15,16)(H,17,18,19,20)/t11-,12-;2*9-,10-/m000/s1. The van der Waals surface area contributed by atoms with Crippen molar-refractivity contribution in [3.63, 3.8) is 0 Å². The Balaban J connectivity index is 0.000000116. The van der Waals surface area contributed by atoms with Gasteiger partial charge in [-0.05, 0) is 36.0 Å². The van der Waals surface area contributed by atoms with Crippen molar-refractivity contribution in [3.05, 3.63) is 99.2 Å². The summed E-state index contributed by atoms with van der Waals surface area (Å²) in [6.07, 6.45) is 13.7. The van der Waals surface area contributed by atoms with Crippen molar-refractivity contribution in [2.45, 2.75) is 55.3 Å². The normalized spacial score (nSPS) is 24.5. The van der Waals surface area contributed by atoms with E-state index in [9.17, 15) is 15.3 Å². The minimum atomic E-state index is -0.491.